The van der Waals surface area contributed by atoms with Crippen molar-refractivity contribution in [1.82, 2.24) is 0 Å². The summed E-state index contributed by atoms with van der Waals surface area (Å²) in [7, 11) is 0. The molecule has 2 nitrogen and oxygen atoms in total. The van der Waals surface area contributed by atoms with Crippen LogP contribution in [0.25, 0.3) is 5.70 Å². The van der Waals surface area contributed by atoms with Crippen LogP contribution in [0.15, 0.2) is 64.8 Å². The number of hydrogen-bond acceptors (Lipinski definition) is 2. The quantitative estimate of drug-likeness (QED) is 0.629. The summed E-state index contributed by atoms with van der Waals surface area (Å²) < 4.78 is 0. The Bertz CT molecular complexity index is 627. The molecule has 0 fully saturated rings. The smallest absolute Gasteiger partial charge is 0.0895 e. The van der Waals surface area contributed by atoms with Crippen molar-refractivity contribution in [3.05, 3.63) is 70.8 Å². The Morgan fingerprint density at radius 3 is 2.42 bits per heavy atom. The second kappa shape index (κ2) is 5.81. The molecule has 2 aromatic rings. The predicted octanol–water partition coefficient (Wildman–Crippen LogP) is 5.66. The highest BCUT2D eigenvalue weighted by molar-refractivity contribution is 6.30. The van der Waals surface area contributed by atoms with Gasteiger partial charge in [0, 0.05) is 10.6 Å². The Morgan fingerprint density at radius 1 is 0.895 bits per heavy atom. The van der Waals surface area contributed by atoms with Gasteiger partial charge >= 0.3 is 0 Å². The molecular weight excluding hydrogens is 256 g/mol. The van der Waals surface area contributed by atoms with E-state index in [0.29, 0.717) is 5.02 Å². The molecule has 3 heteroatoms. The van der Waals surface area contributed by atoms with Gasteiger partial charge in [-0.1, -0.05) is 49.4 Å². The lowest BCUT2D eigenvalue weighted by Gasteiger charge is -1.99. The highest BCUT2D eigenvalue weighted by atomic mass is 35.5. The number of benzene rings is 2. The van der Waals surface area contributed by atoms with Gasteiger partial charge in [-0.25, -0.2) is 0 Å². The minimum atomic E-state index is 0. The number of hydrogen-bond donors (Lipinski definition) is 0. The summed E-state index contributed by atoms with van der Waals surface area (Å²) >= 11 is 5.82. The molecule has 1 aliphatic carbocycles. The number of rotatable bonds is 2. The maximum Gasteiger partial charge on any atom is 0.0895 e. The molecule has 2 aromatic carbocycles. The third-order valence-electron chi connectivity index (χ3n) is 2.91. The molecule has 0 unspecified atom stereocenters. The van der Waals surface area contributed by atoms with Crippen molar-refractivity contribution in [3.63, 3.8) is 0 Å². The highest BCUT2D eigenvalue weighted by Gasteiger charge is 2.12. The van der Waals surface area contributed by atoms with Crippen LogP contribution >= 0.6 is 11.6 Å². The van der Waals surface area contributed by atoms with Crippen molar-refractivity contribution in [2.75, 3.05) is 0 Å². The van der Waals surface area contributed by atoms with Gasteiger partial charge in [0.15, 0.2) is 0 Å². The molecule has 19 heavy (non-hydrogen) atoms. The summed E-state index contributed by atoms with van der Waals surface area (Å²) in [6.45, 7) is 0. The number of azo groups is 1. The van der Waals surface area contributed by atoms with Crippen LogP contribution in [0.1, 0.15) is 18.6 Å². The van der Waals surface area contributed by atoms with Crippen molar-refractivity contribution >= 4 is 23.0 Å². The zero-order chi connectivity index (χ0) is 12.4. The fraction of sp³-hybridized carbons (Fsp3) is 0.125. The third kappa shape index (κ3) is 2.91. The summed E-state index contributed by atoms with van der Waals surface area (Å²) in [4.78, 5) is 0. The molecule has 0 amide bonds. The summed E-state index contributed by atoms with van der Waals surface area (Å²) in [5.74, 6) is 0. The van der Waals surface area contributed by atoms with Crippen LogP contribution in [0.5, 0.6) is 0 Å². The molecule has 0 saturated heterocycles. The van der Waals surface area contributed by atoms with E-state index in [0.717, 1.165) is 17.8 Å². The van der Waals surface area contributed by atoms with Crippen molar-refractivity contribution in [2.45, 2.75) is 13.8 Å². The lowest BCUT2D eigenvalue weighted by Crippen LogP contribution is -1.80. The minimum absolute atomic E-state index is 0. The van der Waals surface area contributed by atoms with E-state index in [4.69, 9.17) is 11.6 Å². The van der Waals surface area contributed by atoms with Crippen LogP contribution in [0.4, 0.5) is 5.69 Å². The second-order valence-corrected chi connectivity index (χ2v) is 4.56. The van der Waals surface area contributed by atoms with Gasteiger partial charge in [0.1, 0.15) is 0 Å². The van der Waals surface area contributed by atoms with Crippen LogP contribution in [-0.2, 0) is 6.42 Å². The van der Waals surface area contributed by atoms with Crippen LogP contribution in [0, 0.1) is 0 Å². The summed E-state index contributed by atoms with van der Waals surface area (Å²) in [5, 5.41) is 9.24. The summed E-state index contributed by atoms with van der Waals surface area (Å²) in [5.41, 5.74) is 4.24. The van der Waals surface area contributed by atoms with Crippen LogP contribution < -0.4 is 0 Å². The minimum Gasteiger partial charge on any atom is -0.151 e. The lowest BCUT2D eigenvalue weighted by molar-refractivity contribution is 1.24. The van der Waals surface area contributed by atoms with E-state index in [-0.39, 0.29) is 7.43 Å². The van der Waals surface area contributed by atoms with Gasteiger partial charge in [0.25, 0.3) is 0 Å². The van der Waals surface area contributed by atoms with Crippen molar-refractivity contribution in [1.29, 1.82) is 0 Å². The topological polar surface area (TPSA) is 24.7 Å². The van der Waals surface area contributed by atoms with Crippen LogP contribution in [-0.4, -0.2) is 0 Å². The lowest BCUT2D eigenvalue weighted by atomic mass is 10.1. The van der Waals surface area contributed by atoms with Crippen LogP contribution in [0.2, 0.25) is 5.02 Å². The number of fused-ring (bicyclic) bond motifs is 1. The first-order valence-corrected chi connectivity index (χ1v) is 6.16. The Kier molecular flexibility index (Phi) is 4.13. The molecule has 3 rings (SSSR count). The first-order valence-electron chi connectivity index (χ1n) is 5.79. The normalized spacial score (nSPS) is 13.0. The molecule has 0 bridgehead atoms. The molecule has 0 heterocycles. The Balaban J connectivity index is 0.00000133. The van der Waals surface area contributed by atoms with E-state index in [1.165, 1.54) is 11.1 Å². The van der Waals surface area contributed by atoms with Crippen molar-refractivity contribution in [3.8, 4) is 0 Å². The monoisotopic (exact) mass is 270 g/mol. The van der Waals surface area contributed by atoms with E-state index in [2.05, 4.69) is 28.4 Å². The first kappa shape index (κ1) is 13.5. The van der Waals surface area contributed by atoms with E-state index in [1.54, 1.807) is 0 Å². The molecule has 0 saturated carbocycles. The molecule has 0 spiro atoms. The Morgan fingerprint density at radius 2 is 1.63 bits per heavy atom. The zero-order valence-corrected chi connectivity index (χ0v) is 10.4. The van der Waals surface area contributed by atoms with Crippen LogP contribution in [0.3, 0.4) is 0 Å². The fourth-order valence-corrected chi connectivity index (χ4v) is 2.10. The molecule has 0 radical (unpaired) electrons. The molecule has 0 atom stereocenters. The van der Waals surface area contributed by atoms with Crippen molar-refractivity contribution in [2.24, 2.45) is 10.2 Å². The van der Waals surface area contributed by atoms with E-state index < -0.39 is 0 Å². The van der Waals surface area contributed by atoms with Crippen molar-refractivity contribution < 1.29 is 0 Å². The molecule has 0 N–H and O–H groups in total. The standard InChI is InChI=1S/C15H11ClN2.CH4/c16-12-6-8-13(9-7-12)17-18-15-10-5-11-3-1-2-4-14(11)15;/h1-4,6-10H,5H2;1H4. The molecule has 1 aliphatic rings. The van der Waals surface area contributed by atoms with Gasteiger partial charge in [-0.15, -0.1) is 0 Å². The number of nitrogens with zero attached hydrogens (tertiary/aromatic N) is 2. The fourth-order valence-electron chi connectivity index (χ4n) is 1.98. The van der Waals surface area contributed by atoms with E-state index in [1.807, 2.05) is 36.4 Å². The zero-order valence-electron chi connectivity index (χ0n) is 9.68. The van der Waals surface area contributed by atoms with Gasteiger partial charge in [0.2, 0.25) is 0 Å². The van der Waals surface area contributed by atoms with Gasteiger partial charge < -0.3 is 0 Å². The average molecular weight is 271 g/mol. The second-order valence-electron chi connectivity index (χ2n) is 4.13. The van der Waals surface area contributed by atoms with Gasteiger partial charge in [-0.3, -0.25) is 0 Å². The van der Waals surface area contributed by atoms with E-state index in [9.17, 15) is 0 Å². The summed E-state index contributed by atoms with van der Waals surface area (Å²) in [6, 6.07) is 15.6. The summed E-state index contributed by atoms with van der Waals surface area (Å²) in [6.07, 6.45) is 3.04. The predicted molar refractivity (Wildman–Crippen MR) is 80.8 cm³/mol. The third-order valence-corrected chi connectivity index (χ3v) is 3.16. The molecule has 0 aromatic heterocycles. The Hall–Kier alpha value is -1.93. The number of halogens is 1. The molecule has 96 valence electrons. The molecular formula is C16H15ClN2. The average Bonchev–Trinajstić information content (AvgIpc) is 2.82. The van der Waals surface area contributed by atoms with Gasteiger partial charge in [-0.05, 0) is 36.2 Å². The van der Waals surface area contributed by atoms with Gasteiger partial charge in [-0.2, -0.15) is 10.2 Å². The Labute approximate surface area is 118 Å². The molecule has 0 aliphatic heterocycles. The largest absolute Gasteiger partial charge is 0.151 e. The maximum absolute atomic E-state index is 5.82. The highest BCUT2D eigenvalue weighted by Crippen LogP contribution is 2.29. The van der Waals surface area contributed by atoms with E-state index >= 15 is 0 Å². The SMILES string of the molecule is C.Clc1ccc(N=NC2=CCc3ccccc32)cc1. The maximum atomic E-state index is 5.82. The van der Waals surface area contributed by atoms with Gasteiger partial charge in [0.05, 0.1) is 11.4 Å². The number of allylic oxidation sites excluding steroid dienone is 1. The first-order chi connectivity index (χ1) is 8.83.